The van der Waals surface area contributed by atoms with Gasteiger partial charge in [0.15, 0.2) is 0 Å². The molecule has 4 amide bonds. The number of carboxylic acids is 1. The molecule has 0 aromatic heterocycles. The molecule has 1 aliphatic rings. The second-order valence-electron chi connectivity index (χ2n) is 9.42. The maximum absolute atomic E-state index is 12.5. The van der Waals surface area contributed by atoms with E-state index in [1.54, 1.807) is 20.8 Å². The minimum atomic E-state index is -1.27. The van der Waals surface area contributed by atoms with Crippen molar-refractivity contribution >= 4 is 52.4 Å². The van der Waals surface area contributed by atoms with Crippen LogP contribution >= 0.6 is 11.8 Å². The molecule has 2 rings (SSSR count). The van der Waals surface area contributed by atoms with Gasteiger partial charge in [0.1, 0.15) is 12.1 Å². The van der Waals surface area contributed by atoms with Crippen LogP contribution in [0.3, 0.4) is 0 Å². The van der Waals surface area contributed by atoms with Gasteiger partial charge in [0.05, 0.1) is 37.6 Å². The first kappa shape index (κ1) is 32.2. The minimum absolute atomic E-state index is 0.00304. The highest BCUT2D eigenvalue weighted by Crippen LogP contribution is 2.17. The minimum Gasteiger partial charge on any atom is -0.480 e. The van der Waals surface area contributed by atoms with Gasteiger partial charge in [-0.25, -0.2) is 4.79 Å². The van der Waals surface area contributed by atoms with Crippen molar-refractivity contribution in [2.75, 3.05) is 45.1 Å². The summed E-state index contributed by atoms with van der Waals surface area (Å²) in [7, 11) is 0. The van der Waals surface area contributed by atoms with Crippen molar-refractivity contribution in [1.82, 2.24) is 15.1 Å². The summed E-state index contributed by atoms with van der Waals surface area (Å²) in [5, 5.41) is 11.0. The van der Waals surface area contributed by atoms with Gasteiger partial charge in [0.25, 0.3) is 11.8 Å². The van der Waals surface area contributed by atoms with Crippen LogP contribution in [-0.2, 0) is 33.4 Å². The lowest BCUT2D eigenvalue weighted by Gasteiger charge is -2.21. The summed E-state index contributed by atoms with van der Waals surface area (Å²) in [6.45, 7) is 3.85. The monoisotopic (exact) mass is 577 g/mol. The summed E-state index contributed by atoms with van der Waals surface area (Å²) in [6, 6.07) is 5.90. The topological polar surface area (TPSA) is 177 Å². The Morgan fingerprint density at radius 1 is 1.02 bits per heavy atom. The molecule has 1 aromatic rings. The standard InChI is InChI=1S/C26H31N3O10S/c1-26(2,3)39-24(36)17-5-4-6-18(13-17)25(37)40-16-19(30)27-14-22(33)28(15-23(34)35)9-11-38-12-10-29-20(31)7-8-21(29)32/h4-8,13H,9-12,14-16H2,1-3H3,(H,27,30)(H,34,35). The molecule has 0 aliphatic carbocycles. The fourth-order valence-electron chi connectivity index (χ4n) is 3.20. The number of nitrogens with one attached hydrogen (secondary N) is 1. The van der Waals surface area contributed by atoms with Gasteiger partial charge in [-0.1, -0.05) is 23.9 Å². The Labute approximate surface area is 234 Å². The van der Waals surface area contributed by atoms with E-state index >= 15 is 0 Å². The Bertz CT molecular complexity index is 1170. The van der Waals surface area contributed by atoms with Crippen molar-refractivity contribution in [3.8, 4) is 0 Å². The Kier molecular flexibility index (Phi) is 12.0. The summed E-state index contributed by atoms with van der Waals surface area (Å²) in [6.07, 6.45) is 2.28. The summed E-state index contributed by atoms with van der Waals surface area (Å²) in [5.41, 5.74) is -0.322. The molecule has 216 valence electrons. The molecular weight excluding hydrogens is 546 g/mol. The molecule has 1 aliphatic heterocycles. The molecule has 0 saturated heterocycles. The van der Waals surface area contributed by atoms with Gasteiger partial charge in [0.2, 0.25) is 16.9 Å². The normalized spacial score (nSPS) is 12.8. The van der Waals surface area contributed by atoms with E-state index in [9.17, 15) is 33.6 Å². The quantitative estimate of drug-likeness (QED) is 0.179. The first-order valence-electron chi connectivity index (χ1n) is 12.1. The third-order valence-electron chi connectivity index (χ3n) is 5.05. The largest absolute Gasteiger partial charge is 0.480 e. The maximum atomic E-state index is 12.5. The number of aliphatic carboxylic acids is 1. The number of hydrogen-bond acceptors (Lipinski definition) is 10. The van der Waals surface area contributed by atoms with Crippen LogP contribution in [0.5, 0.6) is 0 Å². The zero-order valence-corrected chi connectivity index (χ0v) is 23.2. The highest BCUT2D eigenvalue weighted by molar-refractivity contribution is 8.14. The number of carbonyl (C=O) groups is 7. The van der Waals surface area contributed by atoms with E-state index in [4.69, 9.17) is 14.6 Å². The lowest BCUT2D eigenvalue weighted by molar-refractivity contribution is -0.145. The van der Waals surface area contributed by atoms with Crippen LogP contribution < -0.4 is 5.32 Å². The Morgan fingerprint density at radius 2 is 1.68 bits per heavy atom. The predicted molar refractivity (Wildman–Crippen MR) is 142 cm³/mol. The van der Waals surface area contributed by atoms with Crippen molar-refractivity contribution in [1.29, 1.82) is 0 Å². The van der Waals surface area contributed by atoms with Crippen molar-refractivity contribution in [3.63, 3.8) is 0 Å². The molecule has 0 saturated carbocycles. The second-order valence-corrected chi connectivity index (χ2v) is 10.4. The maximum Gasteiger partial charge on any atom is 0.338 e. The molecular formula is C26H31N3O10S. The number of carbonyl (C=O) groups excluding carboxylic acids is 6. The molecule has 0 fully saturated rings. The highest BCUT2D eigenvalue weighted by atomic mass is 32.2. The lowest BCUT2D eigenvalue weighted by Crippen LogP contribution is -2.44. The van der Waals surface area contributed by atoms with Gasteiger partial charge in [0, 0.05) is 24.3 Å². The summed E-state index contributed by atoms with van der Waals surface area (Å²) in [4.78, 5) is 85.5. The molecule has 40 heavy (non-hydrogen) atoms. The van der Waals surface area contributed by atoms with E-state index < -0.39 is 59.4 Å². The van der Waals surface area contributed by atoms with Crippen LogP contribution in [0.25, 0.3) is 0 Å². The van der Waals surface area contributed by atoms with Crippen LogP contribution in [0.1, 0.15) is 41.5 Å². The third kappa shape index (κ3) is 11.0. The smallest absolute Gasteiger partial charge is 0.338 e. The van der Waals surface area contributed by atoms with E-state index in [-0.39, 0.29) is 43.2 Å². The van der Waals surface area contributed by atoms with Gasteiger partial charge in [-0.3, -0.25) is 33.7 Å². The third-order valence-corrected chi connectivity index (χ3v) is 5.95. The first-order valence-corrected chi connectivity index (χ1v) is 13.1. The number of imide groups is 1. The number of amides is 4. The molecule has 1 aromatic carbocycles. The number of carboxylic acid groups (broad SMARTS) is 1. The zero-order chi connectivity index (χ0) is 29.9. The van der Waals surface area contributed by atoms with Gasteiger partial charge >= 0.3 is 11.9 Å². The molecule has 0 bridgehead atoms. The van der Waals surface area contributed by atoms with Crippen LogP contribution in [0.15, 0.2) is 36.4 Å². The van der Waals surface area contributed by atoms with E-state index in [2.05, 4.69) is 5.32 Å². The number of benzene rings is 1. The first-order chi connectivity index (χ1) is 18.8. The van der Waals surface area contributed by atoms with E-state index in [0.717, 1.165) is 22.0 Å². The zero-order valence-electron chi connectivity index (χ0n) is 22.3. The van der Waals surface area contributed by atoms with Crippen LogP contribution in [0.4, 0.5) is 0 Å². The number of nitrogens with zero attached hydrogens (tertiary/aromatic N) is 2. The number of esters is 1. The van der Waals surface area contributed by atoms with Crippen LogP contribution in [0.2, 0.25) is 0 Å². The van der Waals surface area contributed by atoms with Gasteiger partial charge < -0.3 is 24.8 Å². The number of hydrogen-bond donors (Lipinski definition) is 2. The summed E-state index contributed by atoms with van der Waals surface area (Å²) < 4.78 is 10.6. The fourth-order valence-corrected chi connectivity index (χ4v) is 3.86. The molecule has 13 nitrogen and oxygen atoms in total. The van der Waals surface area contributed by atoms with E-state index in [0.29, 0.717) is 11.8 Å². The molecule has 0 atom stereocenters. The highest BCUT2D eigenvalue weighted by Gasteiger charge is 2.23. The lowest BCUT2D eigenvalue weighted by atomic mass is 10.1. The van der Waals surface area contributed by atoms with Crippen molar-refractivity contribution in [3.05, 3.63) is 47.5 Å². The molecule has 2 N–H and O–H groups in total. The Hall–Kier alpha value is -4.04. The molecule has 0 unspecified atom stereocenters. The number of rotatable bonds is 14. The predicted octanol–water partition coefficient (Wildman–Crippen LogP) is 0.486. The Balaban J connectivity index is 1.77. The van der Waals surface area contributed by atoms with Crippen LogP contribution in [-0.4, -0.2) is 106 Å². The SMILES string of the molecule is CC(C)(C)OC(=O)c1cccc(C(=O)SCC(=O)NCC(=O)N(CCOCCN2C(=O)C=CC2=O)CC(=O)O)c1. The van der Waals surface area contributed by atoms with Gasteiger partial charge in [-0.05, 0) is 32.9 Å². The summed E-state index contributed by atoms with van der Waals surface area (Å²) >= 11 is 0.673. The average Bonchev–Trinajstić information content (AvgIpc) is 3.20. The fraction of sp³-hybridized carbons (Fsp3) is 0.423. The summed E-state index contributed by atoms with van der Waals surface area (Å²) in [5.74, 6) is -4.40. The van der Waals surface area contributed by atoms with Gasteiger partial charge in [-0.15, -0.1) is 0 Å². The van der Waals surface area contributed by atoms with Crippen LogP contribution in [0, 0.1) is 0 Å². The Morgan fingerprint density at radius 3 is 2.30 bits per heavy atom. The molecule has 0 spiro atoms. The average molecular weight is 578 g/mol. The number of ether oxygens (including phenoxy) is 2. The second kappa shape index (κ2) is 14.9. The molecule has 14 heteroatoms. The van der Waals surface area contributed by atoms with Crippen molar-refractivity contribution in [2.45, 2.75) is 26.4 Å². The van der Waals surface area contributed by atoms with Crippen molar-refractivity contribution < 1.29 is 48.1 Å². The molecule has 1 heterocycles. The van der Waals surface area contributed by atoms with E-state index in [1.807, 2.05) is 0 Å². The van der Waals surface area contributed by atoms with Gasteiger partial charge in [-0.2, -0.15) is 0 Å². The number of thioether (sulfide) groups is 1. The van der Waals surface area contributed by atoms with E-state index in [1.165, 1.54) is 24.3 Å². The van der Waals surface area contributed by atoms with Crippen molar-refractivity contribution in [2.24, 2.45) is 0 Å². The molecule has 0 radical (unpaired) electrons.